The molecule has 0 fully saturated rings. The van der Waals surface area contributed by atoms with E-state index in [1.807, 2.05) is 0 Å². The highest BCUT2D eigenvalue weighted by atomic mass is 19.1. The van der Waals surface area contributed by atoms with Crippen molar-refractivity contribution in [1.29, 1.82) is 0 Å². The maximum atomic E-state index is 12.5. The van der Waals surface area contributed by atoms with Crippen LogP contribution in [0.5, 0.6) is 5.75 Å². The van der Waals surface area contributed by atoms with Gasteiger partial charge < -0.3 is 5.11 Å². The molecule has 0 unspecified atom stereocenters. The second-order valence-electron chi connectivity index (χ2n) is 2.26. The third-order valence-corrected chi connectivity index (χ3v) is 1.47. The SMILES string of the molecule is Cc1c[c]c(F)c(C)c1O. The minimum atomic E-state index is -0.483. The summed E-state index contributed by atoms with van der Waals surface area (Å²) in [6.45, 7) is 3.23. The highest BCUT2D eigenvalue weighted by Gasteiger charge is 2.04. The van der Waals surface area contributed by atoms with Crippen LogP contribution in [0.25, 0.3) is 0 Å². The first-order valence-corrected chi connectivity index (χ1v) is 2.99. The van der Waals surface area contributed by atoms with E-state index in [2.05, 4.69) is 6.07 Å². The van der Waals surface area contributed by atoms with Crippen molar-refractivity contribution in [3.63, 3.8) is 0 Å². The van der Waals surface area contributed by atoms with Crippen LogP contribution in [0.4, 0.5) is 4.39 Å². The van der Waals surface area contributed by atoms with E-state index in [4.69, 9.17) is 5.11 Å². The Morgan fingerprint density at radius 2 is 2.10 bits per heavy atom. The summed E-state index contributed by atoms with van der Waals surface area (Å²) in [6.07, 6.45) is 0. The topological polar surface area (TPSA) is 20.2 Å². The molecule has 2 heteroatoms. The van der Waals surface area contributed by atoms with E-state index >= 15 is 0 Å². The lowest BCUT2D eigenvalue weighted by atomic mass is 10.1. The van der Waals surface area contributed by atoms with Crippen LogP contribution in [0.15, 0.2) is 6.07 Å². The quantitative estimate of drug-likeness (QED) is 0.582. The molecule has 1 nitrogen and oxygen atoms in total. The fourth-order valence-corrected chi connectivity index (χ4v) is 0.748. The van der Waals surface area contributed by atoms with Gasteiger partial charge in [-0.3, -0.25) is 0 Å². The van der Waals surface area contributed by atoms with Crippen LogP contribution in [0, 0.1) is 25.7 Å². The molecule has 1 rings (SSSR count). The number of phenolic OH excluding ortho intramolecular Hbond substituents is 1. The number of benzene rings is 1. The van der Waals surface area contributed by atoms with Gasteiger partial charge in [0, 0.05) is 11.6 Å². The molecule has 1 aromatic carbocycles. The van der Waals surface area contributed by atoms with Gasteiger partial charge in [0.1, 0.15) is 11.6 Å². The summed E-state index contributed by atoms with van der Waals surface area (Å²) in [6, 6.07) is 3.81. The molecule has 1 N–H and O–H groups in total. The third kappa shape index (κ3) is 0.967. The predicted octanol–water partition coefficient (Wildman–Crippen LogP) is 1.95. The Labute approximate surface area is 59.1 Å². The molecule has 0 bridgehead atoms. The van der Waals surface area contributed by atoms with Crippen LogP contribution in [-0.4, -0.2) is 5.11 Å². The van der Waals surface area contributed by atoms with Crippen molar-refractivity contribution >= 4 is 0 Å². The first kappa shape index (κ1) is 7.06. The van der Waals surface area contributed by atoms with Crippen LogP contribution in [0.2, 0.25) is 0 Å². The van der Waals surface area contributed by atoms with Gasteiger partial charge in [-0.15, -0.1) is 0 Å². The average Bonchev–Trinajstić information content (AvgIpc) is 1.93. The Morgan fingerprint density at radius 1 is 1.50 bits per heavy atom. The summed E-state index contributed by atoms with van der Waals surface area (Å²) in [4.78, 5) is 0. The molecule has 0 amide bonds. The van der Waals surface area contributed by atoms with Crippen molar-refractivity contribution in [2.24, 2.45) is 0 Å². The molecule has 0 heterocycles. The third-order valence-electron chi connectivity index (χ3n) is 1.47. The zero-order chi connectivity index (χ0) is 7.72. The zero-order valence-corrected chi connectivity index (χ0v) is 5.90. The van der Waals surface area contributed by atoms with Crippen LogP contribution in [-0.2, 0) is 0 Å². The van der Waals surface area contributed by atoms with Crippen molar-refractivity contribution in [3.05, 3.63) is 29.1 Å². The monoisotopic (exact) mass is 139 g/mol. The molecule has 0 aromatic heterocycles. The number of aromatic hydroxyl groups is 1. The fraction of sp³-hybridized carbons (Fsp3) is 0.250. The van der Waals surface area contributed by atoms with E-state index in [0.29, 0.717) is 5.56 Å². The minimum Gasteiger partial charge on any atom is -0.507 e. The molecule has 0 aliphatic carbocycles. The Hall–Kier alpha value is -1.05. The first-order chi connectivity index (χ1) is 4.63. The molecular weight excluding hydrogens is 131 g/mol. The fourth-order valence-electron chi connectivity index (χ4n) is 0.748. The molecule has 1 radical (unpaired) electrons. The maximum Gasteiger partial charge on any atom is 0.137 e. The normalized spacial score (nSPS) is 9.90. The molecule has 1 aromatic rings. The summed E-state index contributed by atoms with van der Waals surface area (Å²) in [5.41, 5.74) is 0.916. The van der Waals surface area contributed by atoms with Gasteiger partial charge in [0.2, 0.25) is 0 Å². The van der Waals surface area contributed by atoms with E-state index in [0.717, 1.165) is 0 Å². The Morgan fingerprint density at radius 3 is 2.60 bits per heavy atom. The second-order valence-corrected chi connectivity index (χ2v) is 2.26. The van der Waals surface area contributed by atoms with Gasteiger partial charge in [-0.25, -0.2) is 4.39 Å². The highest BCUT2D eigenvalue weighted by Crippen LogP contribution is 2.22. The lowest BCUT2D eigenvalue weighted by molar-refractivity contribution is 0.458. The molecule has 53 valence electrons. The van der Waals surface area contributed by atoms with E-state index in [-0.39, 0.29) is 11.3 Å². The number of phenols is 1. The van der Waals surface area contributed by atoms with Crippen molar-refractivity contribution in [2.75, 3.05) is 0 Å². The van der Waals surface area contributed by atoms with Crippen molar-refractivity contribution in [1.82, 2.24) is 0 Å². The van der Waals surface area contributed by atoms with Gasteiger partial charge in [-0.2, -0.15) is 0 Å². The lowest BCUT2D eigenvalue weighted by Gasteiger charge is -2.01. The van der Waals surface area contributed by atoms with Crippen molar-refractivity contribution < 1.29 is 9.50 Å². The number of aryl methyl sites for hydroxylation is 1. The summed E-state index contributed by atoms with van der Waals surface area (Å²) in [7, 11) is 0. The van der Waals surface area contributed by atoms with Gasteiger partial charge in [-0.1, -0.05) is 0 Å². The van der Waals surface area contributed by atoms with Crippen molar-refractivity contribution in [3.8, 4) is 5.75 Å². The predicted molar refractivity (Wildman–Crippen MR) is 36.4 cm³/mol. The Bertz CT molecular complexity index is 229. The van der Waals surface area contributed by atoms with Crippen LogP contribution in [0.3, 0.4) is 0 Å². The smallest absolute Gasteiger partial charge is 0.137 e. The molecule has 0 atom stereocenters. The first-order valence-electron chi connectivity index (χ1n) is 2.99. The van der Waals surface area contributed by atoms with E-state index in [1.54, 1.807) is 6.92 Å². The van der Waals surface area contributed by atoms with E-state index in [9.17, 15) is 4.39 Å². The zero-order valence-electron chi connectivity index (χ0n) is 5.90. The molecule has 0 spiro atoms. The number of halogens is 1. The largest absolute Gasteiger partial charge is 0.507 e. The standard InChI is InChI=1S/C8H8FO/c1-5-3-4-7(9)6(2)8(5)10/h3,10H,1-2H3. The molecular formula is C8H8FO. The van der Waals surface area contributed by atoms with Gasteiger partial charge in [-0.05, 0) is 25.5 Å². The van der Waals surface area contributed by atoms with E-state index < -0.39 is 5.82 Å². The molecule has 0 aliphatic rings. The maximum absolute atomic E-state index is 12.5. The number of rotatable bonds is 0. The molecule has 0 saturated carbocycles. The lowest BCUT2D eigenvalue weighted by Crippen LogP contribution is -1.85. The number of hydrogen-bond donors (Lipinski definition) is 1. The van der Waals surface area contributed by atoms with Gasteiger partial charge in [0.25, 0.3) is 0 Å². The Kier molecular flexibility index (Phi) is 1.62. The summed E-state index contributed by atoms with van der Waals surface area (Å²) in [5, 5.41) is 9.13. The summed E-state index contributed by atoms with van der Waals surface area (Å²) >= 11 is 0. The second kappa shape index (κ2) is 2.29. The summed E-state index contributed by atoms with van der Waals surface area (Å²) < 4.78 is 12.5. The average molecular weight is 139 g/mol. The summed E-state index contributed by atoms with van der Waals surface area (Å²) in [5.74, 6) is -0.459. The highest BCUT2D eigenvalue weighted by molar-refractivity contribution is 5.38. The minimum absolute atomic E-state index is 0.0243. The van der Waals surface area contributed by atoms with Gasteiger partial charge >= 0.3 is 0 Å². The van der Waals surface area contributed by atoms with Crippen molar-refractivity contribution in [2.45, 2.75) is 13.8 Å². The molecule has 0 saturated heterocycles. The van der Waals surface area contributed by atoms with Gasteiger partial charge in [0.05, 0.1) is 0 Å². The molecule has 10 heavy (non-hydrogen) atoms. The van der Waals surface area contributed by atoms with Crippen LogP contribution in [0.1, 0.15) is 11.1 Å². The van der Waals surface area contributed by atoms with Crippen LogP contribution < -0.4 is 0 Å². The Balaban J connectivity index is 3.34. The number of hydrogen-bond acceptors (Lipinski definition) is 1. The van der Waals surface area contributed by atoms with Gasteiger partial charge in [0.15, 0.2) is 0 Å². The van der Waals surface area contributed by atoms with E-state index in [1.165, 1.54) is 13.0 Å². The molecule has 0 aliphatic heterocycles. The van der Waals surface area contributed by atoms with Crippen LogP contribution >= 0.6 is 0 Å².